The van der Waals surface area contributed by atoms with Crippen molar-refractivity contribution in [2.24, 2.45) is 0 Å². The average molecular weight is 523 g/mol. The van der Waals surface area contributed by atoms with Gasteiger partial charge in [-0.25, -0.2) is 8.42 Å². The van der Waals surface area contributed by atoms with Crippen molar-refractivity contribution in [1.82, 2.24) is 0 Å². The summed E-state index contributed by atoms with van der Waals surface area (Å²) in [6.07, 6.45) is 15.2. The molecule has 0 spiro atoms. The van der Waals surface area contributed by atoms with Crippen LogP contribution in [0.3, 0.4) is 0 Å². The molecule has 1 unspecified atom stereocenters. The second-order valence-electron chi connectivity index (χ2n) is 9.54. The Morgan fingerprint density at radius 3 is 1.69 bits per heavy atom. The van der Waals surface area contributed by atoms with Crippen LogP contribution in [-0.4, -0.2) is 21.4 Å². The number of rotatable bonds is 17. The van der Waals surface area contributed by atoms with Crippen LogP contribution in [0.1, 0.15) is 105 Å². The van der Waals surface area contributed by atoms with Crippen molar-refractivity contribution in [3.63, 3.8) is 0 Å². The standard InChI is InChI=1S/C28H42O5S2/c1-3-4-5-6-7-8-9-10-11-12-13-14-17-25-18-15-16-19-27(25)28(35(31,32)33)34(29,30)26-22-20-24(2)21-23-26/h15-16,18-23,28H,3-14,17H2,1-2H3,(H,31,32,33). The first kappa shape index (κ1) is 29.5. The minimum absolute atomic E-state index is 0.120. The van der Waals surface area contributed by atoms with Gasteiger partial charge in [-0.15, -0.1) is 0 Å². The van der Waals surface area contributed by atoms with Crippen LogP contribution in [-0.2, 0) is 26.4 Å². The molecular weight excluding hydrogens is 480 g/mol. The lowest BCUT2D eigenvalue weighted by atomic mass is 10.0. The number of benzene rings is 2. The van der Waals surface area contributed by atoms with E-state index in [2.05, 4.69) is 6.92 Å². The summed E-state index contributed by atoms with van der Waals surface area (Å²) >= 11 is 0. The van der Waals surface area contributed by atoms with Crippen molar-refractivity contribution in [3.8, 4) is 0 Å². The highest BCUT2D eigenvalue weighted by Crippen LogP contribution is 2.35. The third-order valence-corrected chi connectivity index (χ3v) is 10.5. The van der Waals surface area contributed by atoms with Crippen molar-refractivity contribution in [2.75, 3.05) is 0 Å². The quantitative estimate of drug-likeness (QED) is 0.171. The van der Waals surface area contributed by atoms with E-state index in [-0.39, 0.29) is 10.5 Å². The third kappa shape index (κ3) is 9.70. The minimum atomic E-state index is -4.90. The van der Waals surface area contributed by atoms with Crippen molar-refractivity contribution >= 4 is 20.0 Å². The van der Waals surface area contributed by atoms with Crippen LogP contribution >= 0.6 is 0 Å². The fraction of sp³-hybridized carbons (Fsp3) is 0.571. The summed E-state index contributed by atoms with van der Waals surface area (Å²) in [4.78, 5) is -0.120. The van der Waals surface area contributed by atoms with E-state index in [1.807, 2.05) is 6.92 Å². The molecule has 2 rings (SSSR count). The molecule has 0 aliphatic heterocycles. The summed E-state index contributed by atoms with van der Waals surface area (Å²) in [6.45, 7) is 4.05. The minimum Gasteiger partial charge on any atom is -0.284 e. The first-order valence-electron chi connectivity index (χ1n) is 13.0. The number of hydrogen-bond donors (Lipinski definition) is 1. The molecule has 2 aromatic rings. The van der Waals surface area contributed by atoms with Gasteiger partial charge in [0.2, 0.25) is 14.4 Å². The van der Waals surface area contributed by atoms with E-state index in [0.29, 0.717) is 12.0 Å². The number of sulfone groups is 1. The monoisotopic (exact) mass is 522 g/mol. The van der Waals surface area contributed by atoms with Crippen LogP contribution in [0.2, 0.25) is 0 Å². The maximum atomic E-state index is 13.3. The summed E-state index contributed by atoms with van der Waals surface area (Å²) < 4.78 is 59.1. The van der Waals surface area contributed by atoms with Crippen molar-refractivity contribution in [2.45, 2.75) is 107 Å². The first-order chi connectivity index (χ1) is 16.7. The van der Waals surface area contributed by atoms with Crippen molar-refractivity contribution < 1.29 is 21.4 Å². The molecule has 0 aliphatic rings. The Labute approximate surface area is 213 Å². The van der Waals surface area contributed by atoms with Crippen LogP contribution < -0.4 is 0 Å². The zero-order valence-corrected chi connectivity index (χ0v) is 22.9. The van der Waals surface area contributed by atoms with Gasteiger partial charge in [-0.2, -0.15) is 8.42 Å². The lowest BCUT2D eigenvalue weighted by Crippen LogP contribution is -2.23. The molecule has 7 heteroatoms. The summed E-state index contributed by atoms with van der Waals surface area (Å²) in [7, 11) is -9.25. The smallest absolute Gasteiger partial charge is 0.284 e. The fourth-order valence-corrected chi connectivity index (χ4v) is 7.98. The second-order valence-corrected chi connectivity index (χ2v) is 13.4. The summed E-state index contributed by atoms with van der Waals surface area (Å²) in [5.74, 6) is 0. The molecule has 2 aromatic carbocycles. The van der Waals surface area contributed by atoms with Crippen LogP contribution in [0.15, 0.2) is 53.4 Å². The molecule has 0 saturated heterocycles. The number of aryl methyl sites for hydroxylation is 2. The largest absolute Gasteiger partial charge is 0.287 e. The number of unbranched alkanes of at least 4 members (excludes halogenated alkanes) is 11. The predicted molar refractivity (Wildman–Crippen MR) is 144 cm³/mol. The van der Waals surface area contributed by atoms with E-state index in [0.717, 1.165) is 24.8 Å². The average Bonchev–Trinajstić information content (AvgIpc) is 2.80. The van der Waals surface area contributed by atoms with Gasteiger partial charge < -0.3 is 0 Å². The number of hydrogen-bond acceptors (Lipinski definition) is 4. The Bertz CT molecular complexity index is 1090. The zero-order chi connectivity index (χ0) is 25.7. The van der Waals surface area contributed by atoms with Gasteiger partial charge in [0, 0.05) is 0 Å². The Hall–Kier alpha value is -1.70. The molecule has 0 radical (unpaired) electrons. The van der Waals surface area contributed by atoms with Crippen LogP contribution in [0, 0.1) is 6.92 Å². The highest BCUT2D eigenvalue weighted by atomic mass is 32.3. The van der Waals surface area contributed by atoms with Gasteiger partial charge in [-0.1, -0.05) is 120 Å². The van der Waals surface area contributed by atoms with Gasteiger partial charge in [-0.05, 0) is 43.0 Å². The van der Waals surface area contributed by atoms with Gasteiger partial charge >= 0.3 is 0 Å². The molecule has 196 valence electrons. The van der Waals surface area contributed by atoms with E-state index in [9.17, 15) is 21.4 Å². The SMILES string of the molecule is CCCCCCCCCCCCCCc1ccccc1C(S(=O)(=O)O)S(=O)(=O)c1ccc(C)cc1. The van der Waals surface area contributed by atoms with Crippen molar-refractivity contribution in [1.29, 1.82) is 0 Å². The van der Waals surface area contributed by atoms with Gasteiger partial charge in [-0.3, -0.25) is 4.55 Å². The molecule has 0 heterocycles. The Morgan fingerprint density at radius 1 is 0.686 bits per heavy atom. The van der Waals surface area contributed by atoms with E-state index < -0.39 is 24.5 Å². The van der Waals surface area contributed by atoms with Crippen LogP contribution in [0.5, 0.6) is 0 Å². The lowest BCUT2D eigenvalue weighted by molar-refractivity contribution is 0.477. The third-order valence-electron chi connectivity index (χ3n) is 6.51. The zero-order valence-electron chi connectivity index (χ0n) is 21.3. The van der Waals surface area contributed by atoms with Gasteiger partial charge in [0.25, 0.3) is 10.1 Å². The maximum Gasteiger partial charge on any atom is 0.287 e. The van der Waals surface area contributed by atoms with Crippen LogP contribution in [0.25, 0.3) is 0 Å². The first-order valence-corrected chi connectivity index (χ1v) is 16.1. The van der Waals surface area contributed by atoms with Crippen molar-refractivity contribution in [3.05, 3.63) is 65.2 Å². The van der Waals surface area contributed by atoms with E-state index in [1.165, 1.54) is 76.0 Å². The summed E-state index contributed by atoms with van der Waals surface area (Å²) in [6, 6.07) is 12.7. The Kier molecular flexibility index (Phi) is 12.5. The summed E-state index contributed by atoms with van der Waals surface area (Å²) in [5, 5.41) is 0. The molecule has 35 heavy (non-hydrogen) atoms. The molecule has 5 nitrogen and oxygen atoms in total. The normalized spacial score (nSPS) is 13.1. The molecule has 0 fully saturated rings. The Balaban J connectivity index is 1.95. The second kappa shape index (κ2) is 14.8. The van der Waals surface area contributed by atoms with E-state index >= 15 is 0 Å². The maximum absolute atomic E-state index is 13.3. The van der Waals surface area contributed by atoms with Crippen LogP contribution in [0.4, 0.5) is 0 Å². The molecule has 1 N–H and O–H groups in total. The Morgan fingerprint density at radius 2 is 1.17 bits per heavy atom. The molecule has 0 aliphatic carbocycles. The lowest BCUT2D eigenvalue weighted by Gasteiger charge is -2.19. The van der Waals surface area contributed by atoms with E-state index in [1.54, 1.807) is 30.3 Å². The topological polar surface area (TPSA) is 88.5 Å². The summed E-state index contributed by atoms with van der Waals surface area (Å²) in [5.41, 5.74) is 1.65. The molecule has 0 saturated carbocycles. The molecule has 0 amide bonds. The molecule has 0 bridgehead atoms. The van der Waals surface area contributed by atoms with Gasteiger partial charge in [0.05, 0.1) is 4.90 Å². The molecule has 0 aromatic heterocycles. The predicted octanol–water partition coefficient (Wildman–Crippen LogP) is 7.60. The van der Waals surface area contributed by atoms with Gasteiger partial charge in [0.15, 0.2) is 0 Å². The van der Waals surface area contributed by atoms with Gasteiger partial charge in [0.1, 0.15) is 0 Å². The fourth-order valence-electron chi connectivity index (χ4n) is 4.49. The highest BCUT2D eigenvalue weighted by Gasteiger charge is 2.40. The van der Waals surface area contributed by atoms with E-state index in [4.69, 9.17) is 0 Å². The highest BCUT2D eigenvalue weighted by molar-refractivity contribution is 8.06. The molecule has 1 atom stereocenters. The molecular formula is C28H42O5S2.